The molecule has 0 atom stereocenters. The van der Waals surface area contributed by atoms with E-state index in [1.54, 1.807) is 0 Å². The van der Waals surface area contributed by atoms with E-state index in [0.29, 0.717) is 0 Å². The van der Waals surface area contributed by atoms with Crippen LogP contribution in [0.3, 0.4) is 0 Å². The highest BCUT2D eigenvalue weighted by atomic mass is 32.2. The Balaban J connectivity index is 3.38. The van der Waals surface area contributed by atoms with Crippen LogP contribution in [0.5, 0.6) is 0 Å². The second-order valence-electron chi connectivity index (χ2n) is 2.92. The van der Waals surface area contributed by atoms with Gasteiger partial charge in [-0.25, -0.2) is 8.42 Å². The zero-order valence-corrected chi connectivity index (χ0v) is 10.1. The molecular formula is C9H12N2O5S. The first-order chi connectivity index (χ1) is 7.95. The summed E-state index contributed by atoms with van der Waals surface area (Å²) in [6, 6.07) is 5.51. The molecule has 0 saturated carbocycles. The fourth-order valence-electron chi connectivity index (χ4n) is 1.25. The Labute approximate surface area is 98.7 Å². The van der Waals surface area contributed by atoms with Crippen molar-refractivity contribution in [1.29, 1.82) is 0 Å². The van der Waals surface area contributed by atoms with Gasteiger partial charge in [0, 0.05) is 0 Å². The first kappa shape index (κ1) is 13.6. The van der Waals surface area contributed by atoms with Crippen molar-refractivity contribution in [2.45, 2.75) is 4.90 Å². The lowest BCUT2D eigenvalue weighted by Crippen LogP contribution is -2.31. The van der Waals surface area contributed by atoms with Gasteiger partial charge in [0.15, 0.2) is 0 Å². The molecule has 0 bridgehead atoms. The van der Waals surface area contributed by atoms with E-state index < -0.39 is 15.9 Å². The SMILES string of the molecule is CON(OC)S(=O)(=O)c1ccccc1C(N)=O. The Morgan fingerprint density at radius 2 is 1.76 bits per heavy atom. The fraction of sp³-hybridized carbons (Fsp3) is 0.222. The number of benzene rings is 1. The Morgan fingerprint density at radius 1 is 1.24 bits per heavy atom. The molecule has 2 N–H and O–H groups in total. The van der Waals surface area contributed by atoms with Crippen LogP contribution < -0.4 is 5.73 Å². The van der Waals surface area contributed by atoms with Crippen LogP contribution >= 0.6 is 0 Å². The molecule has 94 valence electrons. The van der Waals surface area contributed by atoms with Crippen molar-refractivity contribution in [2.24, 2.45) is 5.73 Å². The van der Waals surface area contributed by atoms with Gasteiger partial charge in [-0.3, -0.25) is 14.5 Å². The van der Waals surface area contributed by atoms with Crippen LogP contribution in [-0.2, 0) is 19.7 Å². The fourth-order valence-corrected chi connectivity index (χ4v) is 2.50. The monoisotopic (exact) mass is 260 g/mol. The standard InChI is InChI=1S/C9H12N2O5S/c1-15-11(16-2)17(13,14)8-6-4-3-5-7(8)9(10)12/h3-6H,1-2H3,(H2,10,12). The van der Waals surface area contributed by atoms with Gasteiger partial charge in [0.25, 0.3) is 10.0 Å². The summed E-state index contributed by atoms with van der Waals surface area (Å²) in [7, 11) is -1.85. The molecule has 1 aromatic carbocycles. The van der Waals surface area contributed by atoms with Gasteiger partial charge in [0.05, 0.1) is 29.3 Å². The minimum Gasteiger partial charge on any atom is -0.366 e. The summed E-state index contributed by atoms with van der Waals surface area (Å²) in [5.74, 6) is -0.851. The van der Waals surface area contributed by atoms with Gasteiger partial charge in [-0.2, -0.15) is 0 Å². The number of carbonyl (C=O) groups is 1. The van der Waals surface area contributed by atoms with Gasteiger partial charge >= 0.3 is 0 Å². The number of hydrogen-bond acceptors (Lipinski definition) is 5. The third kappa shape index (κ3) is 2.61. The van der Waals surface area contributed by atoms with Crippen molar-refractivity contribution in [1.82, 2.24) is 4.63 Å². The molecule has 7 nitrogen and oxygen atoms in total. The maximum atomic E-state index is 12.0. The first-order valence-electron chi connectivity index (χ1n) is 4.47. The second kappa shape index (κ2) is 5.23. The van der Waals surface area contributed by atoms with Crippen molar-refractivity contribution in [3.05, 3.63) is 29.8 Å². The molecule has 1 aromatic rings. The molecule has 0 unspecified atom stereocenters. The van der Waals surface area contributed by atoms with E-state index in [1.165, 1.54) is 24.3 Å². The molecule has 17 heavy (non-hydrogen) atoms. The van der Waals surface area contributed by atoms with Gasteiger partial charge in [-0.15, -0.1) is 0 Å². The summed E-state index contributed by atoms with van der Waals surface area (Å²) in [6.45, 7) is 0. The molecule has 0 spiro atoms. The molecule has 0 heterocycles. The van der Waals surface area contributed by atoms with Crippen LogP contribution in [0.1, 0.15) is 10.4 Å². The number of nitrogens with two attached hydrogens (primary N) is 1. The van der Waals surface area contributed by atoms with E-state index in [9.17, 15) is 13.2 Å². The molecule has 8 heteroatoms. The van der Waals surface area contributed by atoms with E-state index >= 15 is 0 Å². The smallest absolute Gasteiger partial charge is 0.289 e. The lowest BCUT2D eigenvalue weighted by atomic mass is 10.2. The summed E-state index contributed by atoms with van der Waals surface area (Å²) >= 11 is 0. The second-order valence-corrected chi connectivity index (χ2v) is 4.61. The lowest BCUT2D eigenvalue weighted by Gasteiger charge is -2.17. The molecule has 0 fully saturated rings. The van der Waals surface area contributed by atoms with Gasteiger partial charge in [0.1, 0.15) is 0 Å². The maximum absolute atomic E-state index is 12.0. The van der Waals surface area contributed by atoms with Gasteiger partial charge in [0.2, 0.25) is 5.91 Å². The van der Waals surface area contributed by atoms with Crippen LogP contribution in [0, 0.1) is 0 Å². The molecule has 0 aliphatic rings. The molecule has 0 aliphatic carbocycles. The maximum Gasteiger partial charge on any atom is 0.289 e. The number of hydrogen-bond donors (Lipinski definition) is 1. The average Bonchev–Trinajstić information content (AvgIpc) is 2.30. The number of sulfonamides is 1. The molecule has 0 aliphatic heterocycles. The third-order valence-corrected chi connectivity index (χ3v) is 3.53. The summed E-state index contributed by atoms with van der Waals surface area (Å²) in [6.07, 6.45) is 0. The molecule has 0 radical (unpaired) electrons. The molecule has 0 saturated heterocycles. The van der Waals surface area contributed by atoms with Crippen LogP contribution in [0.2, 0.25) is 0 Å². The minimum absolute atomic E-state index is 0.133. The predicted molar refractivity (Wildman–Crippen MR) is 58.0 cm³/mol. The van der Waals surface area contributed by atoms with Crippen molar-refractivity contribution in [3.63, 3.8) is 0 Å². The molecule has 1 rings (SSSR count). The summed E-state index contributed by atoms with van der Waals surface area (Å²) in [5, 5.41) is 0. The van der Waals surface area contributed by atoms with Gasteiger partial charge in [-0.1, -0.05) is 12.1 Å². The van der Waals surface area contributed by atoms with E-state index in [2.05, 4.69) is 9.68 Å². The number of rotatable bonds is 5. The van der Waals surface area contributed by atoms with Crippen LogP contribution in [0.15, 0.2) is 29.2 Å². The topological polar surface area (TPSA) is 98.9 Å². The van der Waals surface area contributed by atoms with E-state index in [-0.39, 0.29) is 15.1 Å². The van der Waals surface area contributed by atoms with Gasteiger partial charge < -0.3 is 5.73 Å². The number of primary amides is 1. The summed E-state index contributed by atoms with van der Waals surface area (Å²) in [5.41, 5.74) is 4.96. The van der Waals surface area contributed by atoms with Crippen LogP contribution in [0.4, 0.5) is 0 Å². The number of amides is 1. The molecule has 0 aromatic heterocycles. The Bertz CT molecular complexity index is 510. The minimum atomic E-state index is -4.09. The first-order valence-corrected chi connectivity index (χ1v) is 5.91. The lowest BCUT2D eigenvalue weighted by molar-refractivity contribution is -0.270. The highest BCUT2D eigenvalue weighted by Gasteiger charge is 2.29. The van der Waals surface area contributed by atoms with Crippen molar-refractivity contribution in [3.8, 4) is 0 Å². The Hall–Kier alpha value is -1.48. The number of nitrogens with zero attached hydrogens (tertiary/aromatic N) is 1. The Kier molecular flexibility index (Phi) is 4.18. The normalized spacial score (nSPS) is 11.7. The summed E-state index contributed by atoms with van der Waals surface area (Å²) < 4.78 is 24.3. The highest BCUT2D eigenvalue weighted by Crippen LogP contribution is 2.19. The van der Waals surface area contributed by atoms with Gasteiger partial charge in [-0.05, 0) is 12.1 Å². The average molecular weight is 260 g/mol. The van der Waals surface area contributed by atoms with Crippen LogP contribution in [-0.4, -0.2) is 33.2 Å². The zero-order chi connectivity index (χ0) is 13.1. The van der Waals surface area contributed by atoms with E-state index in [0.717, 1.165) is 14.2 Å². The van der Waals surface area contributed by atoms with Crippen molar-refractivity contribution in [2.75, 3.05) is 14.2 Å². The highest BCUT2D eigenvalue weighted by molar-refractivity contribution is 7.89. The predicted octanol–water partition coefficient (Wildman–Crippen LogP) is -0.101. The summed E-state index contributed by atoms with van der Waals surface area (Å²) in [4.78, 5) is 19.9. The number of carbonyl (C=O) groups excluding carboxylic acids is 1. The zero-order valence-electron chi connectivity index (χ0n) is 9.28. The van der Waals surface area contributed by atoms with Crippen molar-refractivity contribution < 1.29 is 22.9 Å². The Morgan fingerprint density at radius 3 is 2.24 bits per heavy atom. The van der Waals surface area contributed by atoms with E-state index in [1.807, 2.05) is 0 Å². The van der Waals surface area contributed by atoms with Crippen LogP contribution in [0.25, 0.3) is 0 Å². The molecular weight excluding hydrogens is 248 g/mol. The molecule has 1 amide bonds. The van der Waals surface area contributed by atoms with E-state index in [4.69, 9.17) is 5.73 Å². The third-order valence-electron chi connectivity index (χ3n) is 1.92. The quantitative estimate of drug-likeness (QED) is 0.745. The van der Waals surface area contributed by atoms with Crippen molar-refractivity contribution >= 4 is 15.9 Å². The largest absolute Gasteiger partial charge is 0.366 e.